The molecule has 74 valence electrons. The second-order valence-electron chi connectivity index (χ2n) is 3.78. The van der Waals surface area contributed by atoms with Gasteiger partial charge in [-0.05, 0) is 26.7 Å². The fraction of sp³-hybridized carbons (Fsp3) is 0.800. The Bertz CT molecular complexity index is 201. The Morgan fingerprint density at radius 3 is 2.38 bits per heavy atom. The maximum atomic E-state index is 11.4. The summed E-state index contributed by atoms with van der Waals surface area (Å²) in [5.74, 6) is -0.0576. The van der Waals surface area contributed by atoms with Crippen molar-refractivity contribution in [3.8, 4) is 0 Å². The molecule has 0 aromatic carbocycles. The summed E-state index contributed by atoms with van der Waals surface area (Å²) in [6, 6.07) is 0. The Labute approximate surface area is 79.1 Å². The molecule has 1 fully saturated rings. The summed E-state index contributed by atoms with van der Waals surface area (Å²) in [5, 5.41) is 3.67. The molecule has 0 N–H and O–H groups in total. The van der Waals surface area contributed by atoms with Gasteiger partial charge in [0.2, 0.25) is 0 Å². The summed E-state index contributed by atoms with van der Waals surface area (Å²) in [7, 11) is 0. The molecule has 3 heteroatoms. The number of oxime groups is 1. The fourth-order valence-electron chi connectivity index (χ4n) is 1.55. The average molecular weight is 183 g/mol. The van der Waals surface area contributed by atoms with Crippen molar-refractivity contribution in [1.82, 2.24) is 0 Å². The van der Waals surface area contributed by atoms with Gasteiger partial charge in [0.1, 0.15) is 0 Å². The Balaban J connectivity index is 2.33. The molecule has 0 radical (unpaired) electrons. The minimum Gasteiger partial charge on any atom is -0.318 e. The number of hydrogen-bond donors (Lipinski definition) is 0. The van der Waals surface area contributed by atoms with Gasteiger partial charge >= 0.3 is 5.97 Å². The quantitative estimate of drug-likeness (QED) is 0.375. The van der Waals surface area contributed by atoms with Crippen LogP contribution in [0.3, 0.4) is 0 Å². The predicted octanol–water partition coefficient (Wildman–Crippen LogP) is 2.51. The van der Waals surface area contributed by atoms with Gasteiger partial charge in [-0.1, -0.05) is 24.4 Å². The standard InChI is InChI=1S/C10H17NO2/c1-8(2)11-13-10(12)9-6-4-3-5-7-9/h9H,3-7H2,1-2H3. The van der Waals surface area contributed by atoms with Gasteiger partial charge in [0.25, 0.3) is 0 Å². The van der Waals surface area contributed by atoms with E-state index in [0.29, 0.717) is 0 Å². The van der Waals surface area contributed by atoms with E-state index in [-0.39, 0.29) is 11.9 Å². The van der Waals surface area contributed by atoms with Gasteiger partial charge in [-0.3, -0.25) is 0 Å². The van der Waals surface area contributed by atoms with Gasteiger partial charge in [-0.25, -0.2) is 4.79 Å². The highest BCUT2D eigenvalue weighted by molar-refractivity contribution is 5.80. The van der Waals surface area contributed by atoms with Crippen LogP contribution in [0.2, 0.25) is 0 Å². The summed E-state index contributed by atoms with van der Waals surface area (Å²) >= 11 is 0. The van der Waals surface area contributed by atoms with E-state index in [1.165, 1.54) is 6.42 Å². The van der Waals surface area contributed by atoms with Crippen molar-refractivity contribution < 1.29 is 9.63 Å². The highest BCUT2D eigenvalue weighted by atomic mass is 16.7. The number of carbonyl (C=O) groups is 1. The Morgan fingerprint density at radius 2 is 1.85 bits per heavy atom. The molecule has 0 saturated heterocycles. The van der Waals surface area contributed by atoms with Crippen molar-refractivity contribution >= 4 is 11.7 Å². The molecule has 0 aromatic rings. The van der Waals surface area contributed by atoms with Crippen LogP contribution in [-0.4, -0.2) is 11.7 Å². The molecule has 0 heterocycles. The van der Waals surface area contributed by atoms with Gasteiger partial charge < -0.3 is 4.84 Å². The molecular formula is C10H17NO2. The molecule has 0 aliphatic heterocycles. The third-order valence-corrected chi connectivity index (χ3v) is 2.26. The molecule has 1 aliphatic rings. The first-order valence-electron chi connectivity index (χ1n) is 4.92. The third-order valence-electron chi connectivity index (χ3n) is 2.26. The minimum atomic E-state index is -0.152. The van der Waals surface area contributed by atoms with Crippen molar-refractivity contribution in [2.75, 3.05) is 0 Å². The Morgan fingerprint density at radius 1 is 1.23 bits per heavy atom. The Hall–Kier alpha value is -0.860. The lowest BCUT2D eigenvalue weighted by atomic mass is 9.89. The normalized spacial score (nSPS) is 18.0. The second kappa shape index (κ2) is 5.00. The first-order chi connectivity index (χ1) is 6.20. The van der Waals surface area contributed by atoms with Crippen LogP contribution in [0.5, 0.6) is 0 Å². The molecule has 1 saturated carbocycles. The zero-order valence-corrected chi connectivity index (χ0v) is 8.38. The van der Waals surface area contributed by atoms with Crippen LogP contribution in [0.25, 0.3) is 0 Å². The van der Waals surface area contributed by atoms with Crippen molar-refractivity contribution in [2.45, 2.75) is 46.0 Å². The second-order valence-corrected chi connectivity index (χ2v) is 3.78. The van der Waals surface area contributed by atoms with Crippen LogP contribution in [0, 0.1) is 5.92 Å². The summed E-state index contributed by atoms with van der Waals surface area (Å²) in [6.45, 7) is 3.63. The van der Waals surface area contributed by atoms with Crippen molar-refractivity contribution in [3.63, 3.8) is 0 Å². The Kier molecular flexibility index (Phi) is 3.93. The predicted molar refractivity (Wildman–Crippen MR) is 51.5 cm³/mol. The number of rotatable bonds is 2. The maximum absolute atomic E-state index is 11.4. The summed E-state index contributed by atoms with van der Waals surface area (Å²) in [6.07, 6.45) is 5.48. The molecule has 0 spiro atoms. The van der Waals surface area contributed by atoms with E-state index in [0.717, 1.165) is 31.4 Å². The van der Waals surface area contributed by atoms with Gasteiger partial charge in [0.15, 0.2) is 0 Å². The zero-order chi connectivity index (χ0) is 9.68. The van der Waals surface area contributed by atoms with Gasteiger partial charge in [0.05, 0.1) is 11.6 Å². The molecule has 1 rings (SSSR count). The zero-order valence-electron chi connectivity index (χ0n) is 8.38. The topological polar surface area (TPSA) is 38.7 Å². The van der Waals surface area contributed by atoms with Crippen LogP contribution >= 0.6 is 0 Å². The highest BCUT2D eigenvalue weighted by Gasteiger charge is 2.22. The smallest absolute Gasteiger partial charge is 0.318 e. The molecule has 0 unspecified atom stereocenters. The van der Waals surface area contributed by atoms with Crippen LogP contribution in [0.15, 0.2) is 5.16 Å². The number of nitrogens with zero attached hydrogens (tertiary/aromatic N) is 1. The lowest BCUT2D eigenvalue weighted by molar-refractivity contribution is -0.149. The molecule has 13 heavy (non-hydrogen) atoms. The van der Waals surface area contributed by atoms with Crippen molar-refractivity contribution in [3.05, 3.63) is 0 Å². The minimum absolute atomic E-state index is 0.0943. The van der Waals surface area contributed by atoms with E-state index >= 15 is 0 Å². The molecule has 1 aliphatic carbocycles. The van der Waals surface area contributed by atoms with Crippen LogP contribution in [0.4, 0.5) is 0 Å². The van der Waals surface area contributed by atoms with Crippen molar-refractivity contribution in [1.29, 1.82) is 0 Å². The SMILES string of the molecule is CC(C)=NOC(=O)C1CCCCC1. The van der Waals surface area contributed by atoms with Crippen LogP contribution in [0.1, 0.15) is 46.0 Å². The molecule has 0 bridgehead atoms. The van der Waals surface area contributed by atoms with Gasteiger partial charge in [-0.2, -0.15) is 0 Å². The lowest BCUT2D eigenvalue weighted by Gasteiger charge is -2.17. The van der Waals surface area contributed by atoms with E-state index < -0.39 is 0 Å². The molecule has 0 aromatic heterocycles. The monoisotopic (exact) mass is 183 g/mol. The summed E-state index contributed by atoms with van der Waals surface area (Å²) in [5.41, 5.74) is 0.782. The van der Waals surface area contributed by atoms with Gasteiger partial charge in [0, 0.05) is 0 Å². The molecule has 0 atom stereocenters. The lowest BCUT2D eigenvalue weighted by Crippen LogP contribution is -2.18. The van der Waals surface area contributed by atoms with E-state index in [2.05, 4.69) is 5.16 Å². The largest absolute Gasteiger partial charge is 0.338 e. The maximum Gasteiger partial charge on any atom is 0.338 e. The first-order valence-corrected chi connectivity index (χ1v) is 4.92. The molecular weight excluding hydrogens is 166 g/mol. The molecule has 3 nitrogen and oxygen atoms in total. The van der Waals surface area contributed by atoms with E-state index in [9.17, 15) is 4.79 Å². The van der Waals surface area contributed by atoms with Crippen molar-refractivity contribution in [2.24, 2.45) is 11.1 Å². The third kappa shape index (κ3) is 3.57. The first kappa shape index (κ1) is 10.2. The summed E-state index contributed by atoms with van der Waals surface area (Å²) < 4.78 is 0. The number of carbonyl (C=O) groups excluding carboxylic acids is 1. The highest BCUT2D eigenvalue weighted by Crippen LogP contribution is 2.24. The van der Waals surface area contributed by atoms with Crippen LogP contribution < -0.4 is 0 Å². The number of hydrogen-bond acceptors (Lipinski definition) is 3. The van der Waals surface area contributed by atoms with E-state index in [1.54, 1.807) is 0 Å². The average Bonchev–Trinajstić information content (AvgIpc) is 2.15. The van der Waals surface area contributed by atoms with E-state index in [4.69, 9.17) is 4.84 Å². The summed E-state index contributed by atoms with van der Waals surface area (Å²) in [4.78, 5) is 16.2. The van der Waals surface area contributed by atoms with Crippen LogP contribution in [-0.2, 0) is 9.63 Å². The van der Waals surface area contributed by atoms with Gasteiger partial charge in [-0.15, -0.1) is 0 Å². The van der Waals surface area contributed by atoms with E-state index in [1.807, 2.05) is 13.8 Å². The fourth-order valence-corrected chi connectivity index (χ4v) is 1.55. The molecule has 0 amide bonds.